The summed E-state index contributed by atoms with van der Waals surface area (Å²) < 4.78 is 5.08. The van der Waals surface area contributed by atoms with E-state index in [4.69, 9.17) is 15.9 Å². The molecule has 0 aromatic carbocycles. The van der Waals surface area contributed by atoms with E-state index < -0.39 is 11.9 Å². The third-order valence-electron chi connectivity index (χ3n) is 2.01. The predicted octanol–water partition coefficient (Wildman–Crippen LogP) is -0.859. The van der Waals surface area contributed by atoms with Crippen LogP contribution >= 0.6 is 0 Å². The zero-order chi connectivity index (χ0) is 12.0. The fourth-order valence-corrected chi connectivity index (χ4v) is 1.20. The van der Waals surface area contributed by atoms with E-state index in [9.17, 15) is 9.59 Å². The molecule has 0 unspecified atom stereocenters. The van der Waals surface area contributed by atoms with Gasteiger partial charge in [-0.25, -0.2) is 0 Å². The molecule has 1 aromatic rings. The Balaban J connectivity index is 2.22. The summed E-state index contributed by atoms with van der Waals surface area (Å²) in [5, 5.41) is 2.59. The van der Waals surface area contributed by atoms with Crippen LogP contribution in [0.4, 0.5) is 0 Å². The van der Waals surface area contributed by atoms with Gasteiger partial charge in [0.15, 0.2) is 0 Å². The monoisotopic (exact) mass is 225 g/mol. The van der Waals surface area contributed by atoms with Crippen molar-refractivity contribution in [3.8, 4) is 0 Å². The van der Waals surface area contributed by atoms with Crippen molar-refractivity contribution < 1.29 is 14.0 Å². The van der Waals surface area contributed by atoms with E-state index >= 15 is 0 Å². The maximum atomic E-state index is 11.3. The number of nitrogens with one attached hydrogen (secondary N) is 1. The van der Waals surface area contributed by atoms with Crippen LogP contribution < -0.4 is 16.8 Å². The Kier molecular flexibility index (Phi) is 4.53. The highest BCUT2D eigenvalue weighted by Crippen LogP contribution is 1.99. The first-order valence-corrected chi connectivity index (χ1v) is 4.93. The first-order chi connectivity index (χ1) is 7.59. The molecule has 0 radical (unpaired) electrons. The van der Waals surface area contributed by atoms with Crippen LogP contribution in [0.3, 0.4) is 0 Å². The molecule has 0 aliphatic carbocycles. The molecule has 88 valence electrons. The number of carbonyl (C=O) groups is 2. The Labute approximate surface area is 93.0 Å². The van der Waals surface area contributed by atoms with E-state index in [1.807, 2.05) is 6.07 Å². The van der Waals surface area contributed by atoms with Gasteiger partial charge in [-0.2, -0.15) is 0 Å². The van der Waals surface area contributed by atoms with E-state index in [0.717, 1.165) is 5.76 Å². The zero-order valence-electron chi connectivity index (χ0n) is 8.81. The largest absolute Gasteiger partial charge is 0.469 e. The van der Waals surface area contributed by atoms with Gasteiger partial charge in [-0.15, -0.1) is 0 Å². The Hall–Kier alpha value is -1.82. The second-order valence-corrected chi connectivity index (χ2v) is 3.40. The van der Waals surface area contributed by atoms with Crippen LogP contribution in [0.1, 0.15) is 12.2 Å². The molecule has 1 aromatic heterocycles. The first-order valence-electron chi connectivity index (χ1n) is 4.93. The number of furan rings is 1. The van der Waals surface area contributed by atoms with Crippen LogP contribution in [0.15, 0.2) is 22.8 Å². The van der Waals surface area contributed by atoms with Gasteiger partial charge in [0.2, 0.25) is 11.8 Å². The van der Waals surface area contributed by atoms with Crippen LogP contribution in [0.2, 0.25) is 0 Å². The Bertz CT molecular complexity index is 348. The number of rotatable bonds is 6. The zero-order valence-corrected chi connectivity index (χ0v) is 8.81. The Morgan fingerprint density at radius 1 is 1.50 bits per heavy atom. The molecule has 6 heteroatoms. The molecule has 2 amide bonds. The van der Waals surface area contributed by atoms with Crippen LogP contribution in [-0.2, 0) is 16.0 Å². The van der Waals surface area contributed by atoms with Crippen LogP contribution in [-0.4, -0.2) is 24.4 Å². The van der Waals surface area contributed by atoms with Gasteiger partial charge in [0.1, 0.15) is 5.76 Å². The van der Waals surface area contributed by atoms with Gasteiger partial charge in [0.25, 0.3) is 0 Å². The molecule has 1 atom stereocenters. The Morgan fingerprint density at radius 2 is 2.25 bits per heavy atom. The normalized spacial score (nSPS) is 12.1. The molecule has 1 rings (SSSR count). The molecule has 0 saturated heterocycles. The van der Waals surface area contributed by atoms with Gasteiger partial charge >= 0.3 is 0 Å². The quantitative estimate of drug-likeness (QED) is 0.585. The molecule has 0 fully saturated rings. The molecule has 6 nitrogen and oxygen atoms in total. The SMILES string of the molecule is NC(=O)C[C@@H](N)C(=O)NCCc1ccco1. The summed E-state index contributed by atoms with van der Waals surface area (Å²) in [4.78, 5) is 21.9. The lowest BCUT2D eigenvalue weighted by atomic mass is 10.2. The topological polar surface area (TPSA) is 111 Å². The highest BCUT2D eigenvalue weighted by Gasteiger charge is 2.15. The van der Waals surface area contributed by atoms with Crippen molar-refractivity contribution >= 4 is 11.8 Å². The molecule has 16 heavy (non-hydrogen) atoms. The van der Waals surface area contributed by atoms with Crippen molar-refractivity contribution in [3.05, 3.63) is 24.2 Å². The van der Waals surface area contributed by atoms with Crippen LogP contribution in [0.5, 0.6) is 0 Å². The number of carbonyl (C=O) groups excluding carboxylic acids is 2. The average Bonchev–Trinajstić information content (AvgIpc) is 2.69. The van der Waals surface area contributed by atoms with Gasteiger partial charge < -0.3 is 21.2 Å². The molecular weight excluding hydrogens is 210 g/mol. The minimum atomic E-state index is -0.880. The standard InChI is InChI=1S/C10H15N3O3/c11-8(6-9(12)14)10(15)13-4-3-7-2-1-5-16-7/h1-2,5,8H,3-4,6,11H2,(H2,12,14)(H,13,15)/t8-/m1/s1. The summed E-state index contributed by atoms with van der Waals surface area (Å²) >= 11 is 0. The van der Waals surface area contributed by atoms with E-state index in [1.54, 1.807) is 12.3 Å². The molecule has 0 aliphatic rings. The number of hydrogen-bond donors (Lipinski definition) is 3. The molecule has 0 spiro atoms. The maximum absolute atomic E-state index is 11.3. The summed E-state index contributed by atoms with van der Waals surface area (Å²) in [6.45, 7) is 0.415. The maximum Gasteiger partial charge on any atom is 0.237 e. The van der Waals surface area contributed by atoms with Crippen LogP contribution in [0, 0.1) is 0 Å². The van der Waals surface area contributed by atoms with Crippen molar-refractivity contribution in [1.82, 2.24) is 5.32 Å². The fourth-order valence-electron chi connectivity index (χ4n) is 1.20. The van der Waals surface area contributed by atoms with Gasteiger partial charge in [0, 0.05) is 13.0 Å². The van der Waals surface area contributed by atoms with Gasteiger partial charge in [-0.1, -0.05) is 0 Å². The van der Waals surface area contributed by atoms with Gasteiger partial charge in [0.05, 0.1) is 18.7 Å². The molecule has 0 bridgehead atoms. The molecule has 0 saturated carbocycles. The smallest absolute Gasteiger partial charge is 0.237 e. The third-order valence-corrected chi connectivity index (χ3v) is 2.01. The molecule has 5 N–H and O–H groups in total. The molecule has 1 heterocycles. The number of amides is 2. The molecule has 0 aliphatic heterocycles. The second kappa shape index (κ2) is 5.92. The highest BCUT2D eigenvalue weighted by atomic mass is 16.3. The summed E-state index contributed by atoms with van der Waals surface area (Å²) in [6, 6.07) is 2.71. The van der Waals surface area contributed by atoms with E-state index in [-0.39, 0.29) is 12.3 Å². The van der Waals surface area contributed by atoms with Crippen molar-refractivity contribution in [2.75, 3.05) is 6.54 Å². The third kappa shape index (κ3) is 4.14. The summed E-state index contributed by atoms with van der Waals surface area (Å²) in [5.41, 5.74) is 10.4. The number of hydrogen-bond acceptors (Lipinski definition) is 4. The first kappa shape index (κ1) is 12.3. The number of primary amides is 1. The van der Waals surface area contributed by atoms with Gasteiger partial charge in [-0.3, -0.25) is 9.59 Å². The predicted molar refractivity (Wildman–Crippen MR) is 57.2 cm³/mol. The lowest BCUT2D eigenvalue weighted by molar-refractivity contribution is -0.126. The van der Waals surface area contributed by atoms with Gasteiger partial charge in [-0.05, 0) is 12.1 Å². The second-order valence-electron chi connectivity index (χ2n) is 3.40. The summed E-state index contributed by atoms with van der Waals surface area (Å²) in [6.07, 6.45) is 2.00. The van der Waals surface area contributed by atoms with Crippen molar-refractivity contribution in [3.63, 3.8) is 0 Å². The summed E-state index contributed by atoms with van der Waals surface area (Å²) in [5.74, 6) is -0.192. The van der Waals surface area contributed by atoms with E-state index in [1.165, 1.54) is 0 Å². The lowest BCUT2D eigenvalue weighted by Crippen LogP contribution is -2.43. The van der Waals surface area contributed by atoms with Crippen molar-refractivity contribution in [2.45, 2.75) is 18.9 Å². The Morgan fingerprint density at radius 3 is 2.81 bits per heavy atom. The summed E-state index contributed by atoms with van der Waals surface area (Å²) in [7, 11) is 0. The average molecular weight is 225 g/mol. The number of nitrogens with two attached hydrogens (primary N) is 2. The minimum absolute atomic E-state index is 0.146. The van der Waals surface area contributed by atoms with Crippen molar-refractivity contribution in [2.24, 2.45) is 11.5 Å². The minimum Gasteiger partial charge on any atom is -0.469 e. The highest BCUT2D eigenvalue weighted by molar-refractivity contribution is 5.87. The molecular formula is C10H15N3O3. The van der Waals surface area contributed by atoms with Crippen LogP contribution in [0.25, 0.3) is 0 Å². The lowest BCUT2D eigenvalue weighted by Gasteiger charge is -2.09. The van der Waals surface area contributed by atoms with E-state index in [2.05, 4.69) is 5.32 Å². The fraction of sp³-hybridized carbons (Fsp3) is 0.400. The van der Waals surface area contributed by atoms with E-state index in [0.29, 0.717) is 13.0 Å². The van der Waals surface area contributed by atoms with Crippen molar-refractivity contribution in [1.29, 1.82) is 0 Å².